The van der Waals surface area contributed by atoms with Gasteiger partial charge in [-0.25, -0.2) is 4.98 Å². The lowest BCUT2D eigenvalue weighted by Gasteiger charge is -2.12. The van der Waals surface area contributed by atoms with Gasteiger partial charge in [-0.3, -0.25) is 0 Å². The van der Waals surface area contributed by atoms with Gasteiger partial charge in [0.15, 0.2) is 5.75 Å². The van der Waals surface area contributed by atoms with Crippen LogP contribution in [0.5, 0.6) is 5.75 Å². The fourth-order valence-corrected chi connectivity index (χ4v) is 1.90. The molecule has 14 heavy (non-hydrogen) atoms. The highest BCUT2D eigenvalue weighted by molar-refractivity contribution is 9.10. The average molecular weight is 277 g/mol. The molecule has 2 nitrogen and oxygen atoms in total. The van der Waals surface area contributed by atoms with Crippen molar-refractivity contribution in [3.8, 4) is 5.75 Å². The second-order valence-electron chi connectivity index (χ2n) is 2.37. The third-order valence-corrected chi connectivity index (χ3v) is 2.28. The van der Waals surface area contributed by atoms with E-state index in [9.17, 15) is 0 Å². The van der Waals surface area contributed by atoms with E-state index in [2.05, 4.69) is 20.9 Å². The molecule has 0 unspecified atom stereocenters. The van der Waals surface area contributed by atoms with E-state index in [1.54, 1.807) is 6.07 Å². The van der Waals surface area contributed by atoms with Gasteiger partial charge in [0, 0.05) is 5.56 Å². The molecule has 2 rings (SSSR count). The predicted molar refractivity (Wildman–Crippen MR) is 62.8 cm³/mol. The maximum atomic E-state index is 5.75. The van der Waals surface area contributed by atoms with Crippen LogP contribution in [0.4, 0.5) is 0 Å². The third kappa shape index (κ3) is 2.49. The Morgan fingerprint density at radius 3 is 2.93 bits per heavy atom. The highest BCUT2D eigenvalue weighted by Gasteiger charge is 2.11. The quantitative estimate of drug-likeness (QED) is 0.670. The van der Waals surface area contributed by atoms with Gasteiger partial charge in [0.1, 0.15) is 16.4 Å². The zero-order valence-corrected chi connectivity index (χ0v) is 10.4. The molecule has 0 aliphatic carbocycles. The highest BCUT2D eigenvalue weighted by atomic mass is 79.9. The van der Waals surface area contributed by atoms with Crippen LogP contribution in [-0.4, -0.2) is 11.6 Å². The number of hydrogen-bond donors (Lipinski definition) is 0. The Kier molecular flexibility index (Phi) is 4.42. The van der Waals surface area contributed by atoms with Crippen LogP contribution in [-0.2, 0) is 0 Å². The maximum Gasteiger partial charge on any atom is 0.159 e. The molecule has 1 aliphatic heterocycles. The van der Waals surface area contributed by atoms with Crippen molar-refractivity contribution in [2.24, 2.45) is 0 Å². The summed E-state index contributed by atoms with van der Waals surface area (Å²) in [5.41, 5.74) is 0.966. The van der Waals surface area contributed by atoms with Crippen LogP contribution < -0.4 is 4.74 Å². The van der Waals surface area contributed by atoms with Gasteiger partial charge in [0.25, 0.3) is 0 Å². The number of ether oxygens (including phenoxy) is 1. The number of fused-ring (bicyclic) bond motifs is 1. The molecule has 0 fully saturated rings. The number of aromatic nitrogens is 1. The van der Waals surface area contributed by atoms with Crippen LogP contribution in [0.15, 0.2) is 16.7 Å². The van der Waals surface area contributed by atoms with Crippen molar-refractivity contribution in [1.82, 2.24) is 4.98 Å². The lowest BCUT2D eigenvalue weighted by molar-refractivity contribution is 0.354. The van der Waals surface area contributed by atoms with Gasteiger partial charge in [0.2, 0.25) is 0 Å². The van der Waals surface area contributed by atoms with E-state index in [0.29, 0.717) is 16.4 Å². The van der Waals surface area contributed by atoms with Gasteiger partial charge < -0.3 is 4.74 Å². The number of nitrogens with zero attached hydrogens (tertiary/aromatic N) is 1. The van der Waals surface area contributed by atoms with Gasteiger partial charge in [-0.05, 0) is 28.1 Å². The first-order valence-electron chi connectivity index (χ1n) is 4.43. The largest absolute Gasteiger partial charge is 0.486 e. The summed E-state index contributed by atoms with van der Waals surface area (Å²) in [5.74, 6) is 0.766. The second kappa shape index (κ2) is 5.37. The Labute approximate surface area is 97.1 Å². The van der Waals surface area contributed by atoms with Crippen molar-refractivity contribution in [1.29, 1.82) is 0 Å². The van der Waals surface area contributed by atoms with Crippen molar-refractivity contribution in [3.05, 3.63) is 27.5 Å². The summed E-state index contributed by atoms with van der Waals surface area (Å²) >= 11 is 9.03. The molecule has 1 aliphatic rings. The summed E-state index contributed by atoms with van der Waals surface area (Å²) in [6, 6.07) is 1.78. The fraction of sp³-hybridized carbons (Fsp3) is 0.300. The molecule has 0 saturated carbocycles. The molecule has 0 saturated heterocycles. The molecule has 0 aromatic carbocycles. The van der Waals surface area contributed by atoms with Crippen molar-refractivity contribution in [2.75, 3.05) is 6.61 Å². The Morgan fingerprint density at radius 2 is 2.21 bits per heavy atom. The minimum absolute atomic E-state index is 0.468. The van der Waals surface area contributed by atoms with E-state index >= 15 is 0 Å². The van der Waals surface area contributed by atoms with Crippen LogP contribution in [0.1, 0.15) is 19.4 Å². The van der Waals surface area contributed by atoms with Crippen molar-refractivity contribution < 1.29 is 4.74 Å². The van der Waals surface area contributed by atoms with Crippen molar-refractivity contribution >= 4 is 33.6 Å². The smallest absolute Gasteiger partial charge is 0.159 e. The molecule has 0 bridgehead atoms. The van der Waals surface area contributed by atoms with Gasteiger partial charge in [-0.1, -0.05) is 31.5 Å². The Hall–Kier alpha value is -0.540. The average Bonchev–Trinajstić information content (AvgIpc) is 2.20. The summed E-state index contributed by atoms with van der Waals surface area (Å²) in [6.07, 6.45) is 3.91. The first-order chi connectivity index (χ1) is 6.77. The van der Waals surface area contributed by atoms with Crippen LogP contribution in [0.2, 0.25) is 5.15 Å². The summed E-state index contributed by atoms with van der Waals surface area (Å²) < 4.78 is 6.02. The van der Waals surface area contributed by atoms with Crippen LogP contribution in [0.3, 0.4) is 0 Å². The SMILES string of the molecule is CC.Clc1cc2c(c(Br)n1)OCC=C2. The monoisotopic (exact) mass is 275 g/mol. The van der Waals surface area contributed by atoms with Crippen LogP contribution in [0.25, 0.3) is 6.08 Å². The fourth-order valence-electron chi connectivity index (χ4n) is 1.06. The molecule has 2 heterocycles. The molecule has 1 aromatic rings. The standard InChI is InChI=1S/C8H5BrClNO.C2H6/c9-8-7-5(2-1-3-12-7)4-6(10)11-8;1-2/h1-2,4H,3H2;1-2H3. The molecule has 0 atom stereocenters. The summed E-state index contributed by atoms with van der Waals surface area (Å²) in [5, 5.41) is 0.468. The molecule has 1 aromatic heterocycles. The van der Waals surface area contributed by atoms with Gasteiger partial charge >= 0.3 is 0 Å². The predicted octanol–water partition coefficient (Wildman–Crippen LogP) is 3.93. The zero-order valence-electron chi connectivity index (χ0n) is 8.05. The second-order valence-corrected chi connectivity index (χ2v) is 3.51. The van der Waals surface area contributed by atoms with Crippen LogP contribution >= 0.6 is 27.5 Å². The lowest BCUT2D eigenvalue weighted by atomic mass is 10.2. The van der Waals surface area contributed by atoms with E-state index in [0.717, 1.165) is 11.3 Å². The van der Waals surface area contributed by atoms with Gasteiger partial charge in [-0.2, -0.15) is 0 Å². The molecule has 0 radical (unpaired) electrons. The summed E-state index contributed by atoms with van der Waals surface area (Å²) in [7, 11) is 0. The van der Waals surface area contributed by atoms with Crippen molar-refractivity contribution in [2.45, 2.75) is 13.8 Å². The molecule has 4 heteroatoms. The lowest BCUT2D eigenvalue weighted by Crippen LogP contribution is -2.01. The first-order valence-corrected chi connectivity index (χ1v) is 5.60. The molecule has 76 valence electrons. The zero-order chi connectivity index (χ0) is 10.6. The topological polar surface area (TPSA) is 22.1 Å². The molecule has 0 amide bonds. The van der Waals surface area contributed by atoms with E-state index in [1.165, 1.54) is 0 Å². The Balaban J connectivity index is 0.000000461. The molecular formula is C10H11BrClNO. The molecule has 0 spiro atoms. The summed E-state index contributed by atoms with van der Waals surface area (Å²) in [4.78, 5) is 4.01. The number of hydrogen-bond acceptors (Lipinski definition) is 2. The number of rotatable bonds is 0. The van der Waals surface area contributed by atoms with Crippen LogP contribution in [0, 0.1) is 0 Å². The molecule has 0 N–H and O–H groups in total. The minimum Gasteiger partial charge on any atom is -0.486 e. The maximum absolute atomic E-state index is 5.75. The van der Waals surface area contributed by atoms with Gasteiger partial charge in [0.05, 0.1) is 0 Å². The van der Waals surface area contributed by atoms with E-state index in [4.69, 9.17) is 16.3 Å². The Bertz CT molecular complexity index is 352. The third-order valence-electron chi connectivity index (χ3n) is 1.55. The first kappa shape index (κ1) is 11.5. The van der Waals surface area contributed by atoms with E-state index in [-0.39, 0.29) is 0 Å². The summed E-state index contributed by atoms with van der Waals surface area (Å²) in [6.45, 7) is 4.59. The Morgan fingerprint density at radius 1 is 1.50 bits per heavy atom. The van der Waals surface area contributed by atoms with Crippen molar-refractivity contribution in [3.63, 3.8) is 0 Å². The number of pyridine rings is 1. The minimum atomic E-state index is 0.468. The molecular weight excluding hydrogens is 265 g/mol. The highest BCUT2D eigenvalue weighted by Crippen LogP contribution is 2.32. The normalized spacial score (nSPS) is 12.3. The van der Waals surface area contributed by atoms with E-state index in [1.807, 2.05) is 26.0 Å². The van der Waals surface area contributed by atoms with Gasteiger partial charge in [-0.15, -0.1) is 0 Å². The number of halogens is 2. The van der Waals surface area contributed by atoms with E-state index < -0.39 is 0 Å².